The second kappa shape index (κ2) is 5.43. The Morgan fingerprint density at radius 3 is 2.50 bits per heavy atom. The molecule has 14 heavy (non-hydrogen) atoms. The quantitative estimate of drug-likeness (QED) is 0.763. The Morgan fingerprint density at radius 1 is 1.36 bits per heavy atom. The first-order valence-corrected chi connectivity index (χ1v) is 5.10. The maximum Gasteiger partial charge on any atom is 0.224 e. The lowest BCUT2D eigenvalue weighted by molar-refractivity contribution is -0.119. The third kappa shape index (κ3) is 2.87. The van der Waals surface area contributed by atoms with Crippen molar-refractivity contribution in [1.82, 2.24) is 0 Å². The predicted octanol–water partition coefficient (Wildman–Crippen LogP) is 2.45. The van der Waals surface area contributed by atoms with Crippen LogP contribution in [0, 0.1) is 0 Å². The second-order valence-corrected chi connectivity index (χ2v) is 3.51. The Hall–Kier alpha value is -1.31. The molecule has 0 radical (unpaired) electrons. The molecule has 1 atom stereocenters. The van der Waals surface area contributed by atoms with Crippen LogP contribution in [0.4, 0.5) is 0 Å². The summed E-state index contributed by atoms with van der Waals surface area (Å²) in [6.07, 6.45) is 3.00. The molecule has 0 heterocycles. The van der Waals surface area contributed by atoms with Crippen LogP contribution in [0.5, 0.6) is 0 Å². The summed E-state index contributed by atoms with van der Waals surface area (Å²) in [7, 11) is 0. The summed E-state index contributed by atoms with van der Waals surface area (Å²) in [4.78, 5) is 11.2. The zero-order valence-electron chi connectivity index (χ0n) is 8.57. The molecule has 0 fully saturated rings. The average Bonchev–Trinajstić information content (AvgIpc) is 2.19. The van der Waals surface area contributed by atoms with E-state index in [2.05, 4.69) is 6.92 Å². The lowest BCUT2D eigenvalue weighted by Crippen LogP contribution is -2.21. The molecule has 1 aromatic carbocycles. The molecule has 1 amide bonds. The fourth-order valence-electron chi connectivity index (χ4n) is 1.57. The van der Waals surface area contributed by atoms with Crippen LogP contribution in [0.3, 0.4) is 0 Å². The smallest absolute Gasteiger partial charge is 0.224 e. The van der Waals surface area contributed by atoms with Crippen LogP contribution in [0.2, 0.25) is 0 Å². The Labute approximate surface area is 85.1 Å². The van der Waals surface area contributed by atoms with E-state index < -0.39 is 0 Å². The topological polar surface area (TPSA) is 43.1 Å². The average molecular weight is 191 g/mol. The molecule has 0 aromatic heterocycles. The monoisotopic (exact) mass is 191 g/mol. The van der Waals surface area contributed by atoms with Gasteiger partial charge in [-0.2, -0.15) is 0 Å². The normalized spacial score (nSPS) is 12.4. The largest absolute Gasteiger partial charge is 0.369 e. The Morgan fingerprint density at radius 2 is 2.00 bits per heavy atom. The number of carbonyl (C=O) groups excluding carboxylic acids is 1. The van der Waals surface area contributed by atoms with Crippen molar-refractivity contribution in [3.63, 3.8) is 0 Å². The van der Waals surface area contributed by atoms with E-state index in [0.29, 0.717) is 0 Å². The highest BCUT2D eigenvalue weighted by Crippen LogP contribution is 2.21. The van der Waals surface area contributed by atoms with Crippen LogP contribution in [-0.4, -0.2) is 5.91 Å². The molecule has 0 aliphatic carbocycles. The molecule has 1 aromatic rings. The van der Waals surface area contributed by atoms with E-state index in [1.165, 1.54) is 0 Å². The van der Waals surface area contributed by atoms with Crippen LogP contribution >= 0.6 is 0 Å². The van der Waals surface area contributed by atoms with E-state index in [4.69, 9.17) is 5.73 Å². The number of hydrogen-bond donors (Lipinski definition) is 1. The lowest BCUT2D eigenvalue weighted by atomic mass is 9.93. The van der Waals surface area contributed by atoms with Gasteiger partial charge in [0.25, 0.3) is 0 Å². The first kappa shape index (κ1) is 10.8. The minimum atomic E-state index is -0.218. The summed E-state index contributed by atoms with van der Waals surface area (Å²) in [5.41, 5.74) is 6.41. The highest BCUT2D eigenvalue weighted by Gasteiger charge is 2.16. The Kier molecular flexibility index (Phi) is 4.17. The van der Waals surface area contributed by atoms with Gasteiger partial charge in [0.15, 0.2) is 0 Å². The minimum absolute atomic E-state index is 0.115. The summed E-state index contributed by atoms with van der Waals surface area (Å²) < 4.78 is 0. The van der Waals surface area contributed by atoms with Gasteiger partial charge < -0.3 is 5.73 Å². The summed E-state index contributed by atoms with van der Waals surface area (Å²) in [6, 6.07) is 9.76. The lowest BCUT2D eigenvalue weighted by Gasteiger charge is -2.12. The SMILES string of the molecule is CCCC[C@@H](C(N)=O)c1ccccc1. The zero-order chi connectivity index (χ0) is 10.4. The molecule has 0 unspecified atom stereocenters. The summed E-state index contributed by atoms with van der Waals surface area (Å²) >= 11 is 0. The van der Waals surface area contributed by atoms with E-state index in [0.717, 1.165) is 24.8 Å². The number of benzene rings is 1. The van der Waals surface area contributed by atoms with Gasteiger partial charge in [-0.1, -0.05) is 50.1 Å². The molecular weight excluding hydrogens is 174 g/mol. The molecule has 1 rings (SSSR count). The summed E-state index contributed by atoms with van der Waals surface area (Å²) in [6.45, 7) is 2.11. The van der Waals surface area contributed by atoms with Crippen molar-refractivity contribution in [2.75, 3.05) is 0 Å². The van der Waals surface area contributed by atoms with Crippen molar-refractivity contribution < 1.29 is 4.79 Å². The van der Waals surface area contributed by atoms with E-state index in [9.17, 15) is 4.79 Å². The number of hydrogen-bond acceptors (Lipinski definition) is 1. The first-order chi connectivity index (χ1) is 6.75. The second-order valence-electron chi connectivity index (χ2n) is 3.51. The highest BCUT2D eigenvalue weighted by atomic mass is 16.1. The van der Waals surface area contributed by atoms with Crippen LogP contribution in [0.1, 0.15) is 37.7 Å². The molecule has 2 N–H and O–H groups in total. The first-order valence-electron chi connectivity index (χ1n) is 5.10. The highest BCUT2D eigenvalue weighted by molar-refractivity contribution is 5.81. The standard InChI is InChI=1S/C12H17NO/c1-2-3-9-11(12(13)14)10-7-5-4-6-8-10/h4-8,11H,2-3,9H2,1H3,(H2,13,14)/t11-/m1/s1. The number of carbonyl (C=O) groups is 1. The number of unbranched alkanes of at least 4 members (excludes halogenated alkanes) is 1. The van der Waals surface area contributed by atoms with Gasteiger partial charge in [-0.15, -0.1) is 0 Å². The molecule has 0 aliphatic heterocycles. The fourth-order valence-corrected chi connectivity index (χ4v) is 1.57. The maximum absolute atomic E-state index is 11.2. The molecule has 0 saturated carbocycles. The van der Waals surface area contributed by atoms with Crippen molar-refractivity contribution in [2.24, 2.45) is 5.73 Å². The van der Waals surface area contributed by atoms with Gasteiger partial charge in [-0.3, -0.25) is 4.79 Å². The van der Waals surface area contributed by atoms with Gasteiger partial charge in [-0.05, 0) is 12.0 Å². The van der Waals surface area contributed by atoms with Gasteiger partial charge >= 0.3 is 0 Å². The van der Waals surface area contributed by atoms with Gasteiger partial charge in [0.2, 0.25) is 5.91 Å². The summed E-state index contributed by atoms with van der Waals surface area (Å²) in [5, 5.41) is 0. The predicted molar refractivity (Wildman–Crippen MR) is 57.9 cm³/mol. The van der Waals surface area contributed by atoms with E-state index in [1.54, 1.807) is 0 Å². The molecular formula is C12H17NO. The van der Waals surface area contributed by atoms with Crippen molar-refractivity contribution in [3.05, 3.63) is 35.9 Å². The number of amides is 1. The number of primary amides is 1. The molecule has 0 saturated heterocycles. The van der Waals surface area contributed by atoms with Crippen molar-refractivity contribution in [3.8, 4) is 0 Å². The van der Waals surface area contributed by atoms with E-state index in [-0.39, 0.29) is 11.8 Å². The Bertz CT molecular complexity index is 282. The molecule has 76 valence electrons. The van der Waals surface area contributed by atoms with Crippen molar-refractivity contribution in [2.45, 2.75) is 32.1 Å². The van der Waals surface area contributed by atoms with Crippen LogP contribution in [0.25, 0.3) is 0 Å². The molecule has 0 aliphatic rings. The van der Waals surface area contributed by atoms with Gasteiger partial charge in [-0.25, -0.2) is 0 Å². The van der Waals surface area contributed by atoms with Crippen LogP contribution in [0.15, 0.2) is 30.3 Å². The molecule has 2 heteroatoms. The third-order valence-corrected chi connectivity index (χ3v) is 2.39. The molecule has 2 nitrogen and oxygen atoms in total. The van der Waals surface area contributed by atoms with E-state index >= 15 is 0 Å². The van der Waals surface area contributed by atoms with E-state index in [1.807, 2.05) is 30.3 Å². The van der Waals surface area contributed by atoms with Crippen LogP contribution < -0.4 is 5.73 Å². The van der Waals surface area contributed by atoms with Gasteiger partial charge in [0.1, 0.15) is 0 Å². The third-order valence-electron chi connectivity index (χ3n) is 2.39. The summed E-state index contributed by atoms with van der Waals surface area (Å²) in [5.74, 6) is -0.333. The minimum Gasteiger partial charge on any atom is -0.369 e. The number of rotatable bonds is 5. The zero-order valence-corrected chi connectivity index (χ0v) is 8.57. The molecule has 0 bridgehead atoms. The molecule has 0 spiro atoms. The van der Waals surface area contributed by atoms with Crippen LogP contribution in [-0.2, 0) is 4.79 Å². The number of nitrogens with two attached hydrogens (primary N) is 1. The van der Waals surface area contributed by atoms with Crippen molar-refractivity contribution in [1.29, 1.82) is 0 Å². The van der Waals surface area contributed by atoms with Crippen molar-refractivity contribution >= 4 is 5.91 Å². The van der Waals surface area contributed by atoms with Gasteiger partial charge in [0.05, 0.1) is 5.92 Å². The van der Waals surface area contributed by atoms with Gasteiger partial charge in [0, 0.05) is 0 Å². The maximum atomic E-state index is 11.2. The Balaban J connectivity index is 2.73. The fraction of sp³-hybridized carbons (Fsp3) is 0.417.